The number of hydrogen-bond acceptors (Lipinski definition) is 3. The highest BCUT2D eigenvalue weighted by Gasteiger charge is 2.20. The van der Waals surface area contributed by atoms with Crippen LogP contribution in [0, 0.1) is 5.92 Å². The molecule has 1 aromatic heterocycles. The number of benzene rings is 2. The highest BCUT2D eigenvalue weighted by molar-refractivity contribution is 9.10. The first-order valence-electron chi connectivity index (χ1n) is 9.23. The maximum Gasteiger partial charge on any atom is 0.227 e. The lowest BCUT2D eigenvalue weighted by Crippen LogP contribution is -2.33. The molecule has 0 N–H and O–H groups in total. The number of likely N-dealkylation sites (tertiary alicyclic amines) is 1. The van der Waals surface area contributed by atoms with Crippen LogP contribution in [0.3, 0.4) is 0 Å². The van der Waals surface area contributed by atoms with Crippen LogP contribution < -0.4 is 0 Å². The average molecular weight is 411 g/mol. The summed E-state index contributed by atoms with van der Waals surface area (Å²) in [5.74, 6) is 1.48. The van der Waals surface area contributed by atoms with Crippen molar-refractivity contribution < 1.29 is 4.42 Å². The van der Waals surface area contributed by atoms with E-state index >= 15 is 0 Å². The Labute approximate surface area is 163 Å². The minimum Gasteiger partial charge on any atom is -0.444 e. The highest BCUT2D eigenvalue weighted by atomic mass is 79.9. The molecule has 0 bridgehead atoms. The molecule has 0 radical (unpaired) electrons. The predicted molar refractivity (Wildman–Crippen MR) is 108 cm³/mol. The van der Waals surface area contributed by atoms with Crippen molar-refractivity contribution in [1.82, 2.24) is 9.88 Å². The molecule has 3 nitrogen and oxygen atoms in total. The van der Waals surface area contributed by atoms with Crippen molar-refractivity contribution in [2.24, 2.45) is 5.92 Å². The Balaban J connectivity index is 1.32. The van der Waals surface area contributed by atoms with Crippen LogP contribution >= 0.6 is 15.9 Å². The van der Waals surface area contributed by atoms with Crippen molar-refractivity contribution in [3.05, 3.63) is 76.6 Å². The van der Waals surface area contributed by atoms with Gasteiger partial charge in [0.05, 0.1) is 11.3 Å². The summed E-state index contributed by atoms with van der Waals surface area (Å²) in [6.45, 7) is 3.13. The normalized spacial score (nSPS) is 16.0. The minimum absolute atomic E-state index is 0.687. The first-order valence-corrected chi connectivity index (χ1v) is 10.0. The maximum absolute atomic E-state index is 5.71. The van der Waals surface area contributed by atoms with Gasteiger partial charge in [-0.15, -0.1) is 0 Å². The summed E-state index contributed by atoms with van der Waals surface area (Å²) in [5.41, 5.74) is 3.47. The summed E-state index contributed by atoms with van der Waals surface area (Å²) in [6.07, 6.45) is 5.50. The van der Waals surface area contributed by atoms with Gasteiger partial charge in [0.1, 0.15) is 6.26 Å². The van der Waals surface area contributed by atoms with E-state index in [0.717, 1.165) is 41.3 Å². The van der Waals surface area contributed by atoms with Gasteiger partial charge in [-0.25, -0.2) is 4.98 Å². The smallest absolute Gasteiger partial charge is 0.227 e. The van der Waals surface area contributed by atoms with E-state index in [1.165, 1.54) is 24.8 Å². The molecule has 134 valence electrons. The molecule has 0 spiro atoms. The molecule has 2 aromatic carbocycles. The lowest BCUT2D eigenvalue weighted by Gasteiger charge is -2.31. The molecule has 4 heteroatoms. The van der Waals surface area contributed by atoms with Crippen LogP contribution in [0.15, 0.2) is 69.8 Å². The number of halogens is 1. The number of hydrogen-bond donors (Lipinski definition) is 0. The molecule has 0 saturated carbocycles. The van der Waals surface area contributed by atoms with Crippen molar-refractivity contribution in [2.45, 2.75) is 25.8 Å². The maximum atomic E-state index is 5.71. The lowest BCUT2D eigenvalue weighted by molar-refractivity contribution is 0.175. The monoisotopic (exact) mass is 410 g/mol. The molecule has 1 aliphatic heterocycles. The number of rotatable bonds is 5. The van der Waals surface area contributed by atoms with Gasteiger partial charge < -0.3 is 4.42 Å². The van der Waals surface area contributed by atoms with Crippen molar-refractivity contribution >= 4 is 15.9 Å². The molecule has 0 aliphatic carbocycles. The summed E-state index contributed by atoms with van der Waals surface area (Å²) in [7, 11) is 0. The second-order valence-electron chi connectivity index (χ2n) is 7.03. The van der Waals surface area contributed by atoms with E-state index in [9.17, 15) is 0 Å². The third-order valence-electron chi connectivity index (χ3n) is 5.12. The first kappa shape index (κ1) is 17.5. The predicted octanol–water partition coefficient (Wildman–Crippen LogP) is 5.56. The molecular formula is C22H23BrN2O. The Bertz CT molecular complexity index is 838. The lowest BCUT2D eigenvalue weighted by atomic mass is 9.90. The highest BCUT2D eigenvalue weighted by Crippen LogP contribution is 2.28. The van der Waals surface area contributed by atoms with E-state index in [2.05, 4.69) is 56.1 Å². The number of aromatic nitrogens is 1. The van der Waals surface area contributed by atoms with Gasteiger partial charge in [0.15, 0.2) is 0 Å². The Morgan fingerprint density at radius 3 is 2.50 bits per heavy atom. The first-order chi connectivity index (χ1) is 12.8. The molecule has 26 heavy (non-hydrogen) atoms. The van der Waals surface area contributed by atoms with Gasteiger partial charge in [-0.1, -0.05) is 42.5 Å². The molecule has 0 atom stereocenters. The molecular weight excluding hydrogens is 388 g/mol. The van der Waals surface area contributed by atoms with E-state index < -0.39 is 0 Å². The quantitative estimate of drug-likeness (QED) is 0.551. The Morgan fingerprint density at radius 2 is 1.73 bits per heavy atom. The van der Waals surface area contributed by atoms with Gasteiger partial charge in [-0.2, -0.15) is 0 Å². The number of oxazole rings is 1. The average Bonchev–Trinajstić information content (AvgIpc) is 3.13. The summed E-state index contributed by atoms with van der Waals surface area (Å²) < 4.78 is 6.71. The summed E-state index contributed by atoms with van der Waals surface area (Å²) in [5, 5.41) is 0. The molecule has 1 saturated heterocycles. The molecule has 2 heterocycles. The van der Waals surface area contributed by atoms with Crippen LogP contribution in [0.5, 0.6) is 0 Å². The van der Waals surface area contributed by atoms with Crippen LogP contribution in [-0.4, -0.2) is 23.0 Å². The molecule has 1 aliphatic rings. The van der Waals surface area contributed by atoms with Gasteiger partial charge >= 0.3 is 0 Å². The zero-order chi connectivity index (χ0) is 17.8. The van der Waals surface area contributed by atoms with Crippen LogP contribution in [0.2, 0.25) is 0 Å². The fourth-order valence-electron chi connectivity index (χ4n) is 3.66. The number of piperidine rings is 1. The molecule has 0 unspecified atom stereocenters. The van der Waals surface area contributed by atoms with Gasteiger partial charge in [0.2, 0.25) is 5.89 Å². The van der Waals surface area contributed by atoms with Crippen LogP contribution in [-0.2, 0) is 13.0 Å². The third kappa shape index (κ3) is 4.25. The van der Waals surface area contributed by atoms with Gasteiger partial charge in [0.25, 0.3) is 0 Å². The molecule has 1 fully saturated rings. The van der Waals surface area contributed by atoms with Crippen molar-refractivity contribution in [2.75, 3.05) is 13.1 Å². The largest absolute Gasteiger partial charge is 0.444 e. The second-order valence-corrected chi connectivity index (χ2v) is 7.89. The SMILES string of the molecule is Brc1ccccc1-c1nc(CN2CCC(Cc3ccccc3)CC2)co1. The molecule has 0 amide bonds. The fraction of sp³-hybridized carbons (Fsp3) is 0.318. The fourth-order valence-corrected chi connectivity index (χ4v) is 4.12. The topological polar surface area (TPSA) is 29.3 Å². The Morgan fingerprint density at radius 1 is 1.00 bits per heavy atom. The summed E-state index contributed by atoms with van der Waals surface area (Å²) in [6, 6.07) is 18.9. The molecule has 4 rings (SSSR count). The zero-order valence-electron chi connectivity index (χ0n) is 14.8. The van der Waals surface area contributed by atoms with Crippen LogP contribution in [0.1, 0.15) is 24.1 Å². The van der Waals surface area contributed by atoms with E-state index in [1.54, 1.807) is 6.26 Å². The van der Waals surface area contributed by atoms with E-state index in [1.807, 2.05) is 24.3 Å². The van der Waals surface area contributed by atoms with Gasteiger partial charge in [-0.3, -0.25) is 4.90 Å². The van der Waals surface area contributed by atoms with E-state index in [4.69, 9.17) is 4.42 Å². The Kier molecular flexibility index (Phi) is 5.51. The van der Waals surface area contributed by atoms with Crippen LogP contribution in [0.25, 0.3) is 11.5 Å². The van der Waals surface area contributed by atoms with Crippen molar-refractivity contribution in [3.8, 4) is 11.5 Å². The van der Waals surface area contributed by atoms with Gasteiger partial charge in [-0.05, 0) is 71.9 Å². The van der Waals surface area contributed by atoms with Crippen molar-refractivity contribution in [1.29, 1.82) is 0 Å². The van der Waals surface area contributed by atoms with E-state index in [-0.39, 0.29) is 0 Å². The molecule has 3 aromatic rings. The third-order valence-corrected chi connectivity index (χ3v) is 5.81. The van der Waals surface area contributed by atoms with E-state index in [0.29, 0.717) is 5.89 Å². The zero-order valence-corrected chi connectivity index (χ0v) is 16.4. The summed E-state index contributed by atoms with van der Waals surface area (Å²) in [4.78, 5) is 7.17. The van der Waals surface area contributed by atoms with Crippen molar-refractivity contribution in [3.63, 3.8) is 0 Å². The van der Waals surface area contributed by atoms with Gasteiger partial charge in [0, 0.05) is 11.0 Å². The summed E-state index contributed by atoms with van der Waals surface area (Å²) >= 11 is 3.56. The minimum atomic E-state index is 0.687. The number of nitrogens with zero attached hydrogens (tertiary/aromatic N) is 2. The second kappa shape index (κ2) is 8.19. The standard InChI is InChI=1S/C22H23BrN2O/c23-21-9-5-4-8-20(21)22-24-19(16-26-22)15-25-12-10-18(11-13-25)14-17-6-2-1-3-7-17/h1-9,16,18H,10-15H2. The van der Waals surface area contributed by atoms with Crippen LogP contribution in [0.4, 0.5) is 0 Å². The Hall–Kier alpha value is -1.91.